The predicted octanol–water partition coefficient (Wildman–Crippen LogP) is 3.59. The maximum atomic E-state index is 4.27. The van der Waals surface area contributed by atoms with E-state index < -0.39 is 0 Å². The zero-order valence-electron chi connectivity index (χ0n) is 10.7. The SMILES string of the molecule is Cc1ccccc1CCc1nnc2cc(Br)ccn12. The van der Waals surface area contributed by atoms with Gasteiger partial charge in [0, 0.05) is 17.1 Å². The molecule has 0 saturated carbocycles. The quantitative estimate of drug-likeness (QED) is 0.739. The van der Waals surface area contributed by atoms with Crippen LogP contribution < -0.4 is 0 Å². The number of benzene rings is 1. The number of pyridine rings is 1. The third-order valence-corrected chi connectivity index (χ3v) is 3.82. The van der Waals surface area contributed by atoms with Crippen LogP contribution in [0.2, 0.25) is 0 Å². The lowest BCUT2D eigenvalue weighted by molar-refractivity contribution is 0.835. The Morgan fingerprint density at radius 3 is 2.79 bits per heavy atom. The molecule has 1 aromatic carbocycles. The highest BCUT2D eigenvalue weighted by Crippen LogP contribution is 2.15. The van der Waals surface area contributed by atoms with Crippen LogP contribution >= 0.6 is 15.9 Å². The van der Waals surface area contributed by atoms with Crippen molar-refractivity contribution >= 4 is 21.6 Å². The summed E-state index contributed by atoms with van der Waals surface area (Å²) in [6, 6.07) is 12.5. The van der Waals surface area contributed by atoms with E-state index in [2.05, 4.69) is 57.3 Å². The molecule has 0 spiro atoms. The van der Waals surface area contributed by atoms with Crippen LogP contribution in [0.15, 0.2) is 47.1 Å². The maximum absolute atomic E-state index is 4.27. The van der Waals surface area contributed by atoms with Crippen molar-refractivity contribution in [1.82, 2.24) is 14.6 Å². The highest BCUT2D eigenvalue weighted by molar-refractivity contribution is 9.10. The lowest BCUT2D eigenvalue weighted by atomic mass is 10.0. The second kappa shape index (κ2) is 5.13. The fourth-order valence-corrected chi connectivity index (χ4v) is 2.55. The van der Waals surface area contributed by atoms with E-state index in [9.17, 15) is 0 Å². The highest BCUT2D eigenvalue weighted by Gasteiger charge is 2.06. The van der Waals surface area contributed by atoms with Gasteiger partial charge in [0.05, 0.1) is 0 Å². The second-order valence-electron chi connectivity index (χ2n) is 4.62. The van der Waals surface area contributed by atoms with Crippen LogP contribution in [0.5, 0.6) is 0 Å². The van der Waals surface area contributed by atoms with Crippen molar-refractivity contribution in [2.24, 2.45) is 0 Å². The van der Waals surface area contributed by atoms with E-state index in [1.807, 2.05) is 22.7 Å². The first kappa shape index (κ1) is 12.4. The normalized spacial score (nSPS) is 11.1. The topological polar surface area (TPSA) is 30.2 Å². The van der Waals surface area contributed by atoms with E-state index in [0.717, 1.165) is 28.8 Å². The Bertz CT molecular complexity index is 718. The molecule has 0 aliphatic rings. The van der Waals surface area contributed by atoms with Gasteiger partial charge in [0.1, 0.15) is 5.82 Å². The minimum Gasteiger partial charge on any atom is -0.286 e. The minimum atomic E-state index is 0.883. The molecule has 4 heteroatoms. The molecule has 3 nitrogen and oxygen atoms in total. The first-order valence-corrected chi connectivity index (χ1v) is 7.07. The molecule has 0 saturated heterocycles. The number of fused-ring (bicyclic) bond motifs is 1. The molecular weight excluding hydrogens is 302 g/mol. The molecule has 0 fully saturated rings. The predicted molar refractivity (Wildman–Crippen MR) is 79.3 cm³/mol. The van der Waals surface area contributed by atoms with Crippen molar-refractivity contribution in [1.29, 1.82) is 0 Å². The highest BCUT2D eigenvalue weighted by atomic mass is 79.9. The Labute approximate surface area is 120 Å². The number of aromatic nitrogens is 3. The molecule has 0 aliphatic carbocycles. The molecule has 0 unspecified atom stereocenters. The third kappa shape index (κ3) is 2.54. The van der Waals surface area contributed by atoms with Crippen LogP contribution in [0.25, 0.3) is 5.65 Å². The number of hydrogen-bond acceptors (Lipinski definition) is 2. The van der Waals surface area contributed by atoms with E-state index >= 15 is 0 Å². The first-order chi connectivity index (χ1) is 9.24. The fraction of sp³-hybridized carbons (Fsp3) is 0.200. The Hall–Kier alpha value is -1.68. The van der Waals surface area contributed by atoms with Gasteiger partial charge in [0.2, 0.25) is 0 Å². The van der Waals surface area contributed by atoms with Gasteiger partial charge in [-0.2, -0.15) is 0 Å². The van der Waals surface area contributed by atoms with Gasteiger partial charge >= 0.3 is 0 Å². The molecule has 0 atom stereocenters. The summed E-state index contributed by atoms with van der Waals surface area (Å²) in [5.74, 6) is 1.01. The van der Waals surface area contributed by atoms with Crippen LogP contribution in [0.4, 0.5) is 0 Å². The molecular formula is C15H14BrN3. The monoisotopic (exact) mass is 315 g/mol. The zero-order chi connectivity index (χ0) is 13.2. The van der Waals surface area contributed by atoms with Gasteiger partial charge in [0.25, 0.3) is 0 Å². The Kier molecular flexibility index (Phi) is 3.34. The third-order valence-electron chi connectivity index (χ3n) is 3.32. The maximum Gasteiger partial charge on any atom is 0.161 e. The van der Waals surface area contributed by atoms with Gasteiger partial charge in [-0.25, -0.2) is 0 Å². The van der Waals surface area contributed by atoms with E-state index in [0.29, 0.717) is 0 Å². The van der Waals surface area contributed by atoms with Gasteiger partial charge < -0.3 is 0 Å². The molecule has 0 N–H and O–H groups in total. The summed E-state index contributed by atoms with van der Waals surface area (Å²) in [5, 5.41) is 8.47. The molecule has 0 bridgehead atoms. The number of aryl methyl sites for hydroxylation is 3. The molecule has 2 heterocycles. The zero-order valence-corrected chi connectivity index (χ0v) is 12.3. The average molecular weight is 316 g/mol. The van der Waals surface area contributed by atoms with Crippen molar-refractivity contribution in [3.63, 3.8) is 0 Å². The number of halogens is 1. The van der Waals surface area contributed by atoms with Gasteiger partial charge in [-0.1, -0.05) is 40.2 Å². The van der Waals surface area contributed by atoms with Crippen LogP contribution in [-0.2, 0) is 12.8 Å². The lowest BCUT2D eigenvalue weighted by Gasteiger charge is -2.04. The molecule has 3 rings (SSSR count). The van der Waals surface area contributed by atoms with E-state index in [4.69, 9.17) is 0 Å². The number of nitrogens with zero attached hydrogens (tertiary/aromatic N) is 3. The Morgan fingerprint density at radius 2 is 1.95 bits per heavy atom. The summed E-state index contributed by atoms with van der Waals surface area (Å²) in [6.45, 7) is 2.15. The minimum absolute atomic E-state index is 0.883. The average Bonchev–Trinajstić information content (AvgIpc) is 2.80. The summed E-state index contributed by atoms with van der Waals surface area (Å²) < 4.78 is 3.07. The van der Waals surface area contributed by atoms with E-state index in [1.54, 1.807) is 0 Å². The summed E-state index contributed by atoms with van der Waals surface area (Å²) in [4.78, 5) is 0. The van der Waals surface area contributed by atoms with E-state index in [1.165, 1.54) is 11.1 Å². The number of rotatable bonds is 3. The Balaban J connectivity index is 1.84. The first-order valence-electron chi connectivity index (χ1n) is 6.28. The van der Waals surface area contributed by atoms with Crippen LogP contribution in [0.1, 0.15) is 17.0 Å². The Morgan fingerprint density at radius 1 is 1.11 bits per heavy atom. The van der Waals surface area contributed by atoms with Crippen LogP contribution in [0, 0.1) is 6.92 Å². The summed E-state index contributed by atoms with van der Waals surface area (Å²) in [5.41, 5.74) is 3.59. The van der Waals surface area contributed by atoms with Gasteiger partial charge in [-0.05, 0) is 36.6 Å². The molecule has 0 amide bonds. The molecule has 0 aliphatic heterocycles. The van der Waals surface area contributed by atoms with Crippen molar-refractivity contribution < 1.29 is 0 Å². The summed E-state index contributed by atoms with van der Waals surface area (Å²) in [6.07, 6.45) is 3.89. The van der Waals surface area contributed by atoms with Gasteiger partial charge in [0.15, 0.2) is 5.65 Å². The van der Waals surface area contributed by atoms with Crippen molar-refractivity contribution in [2.45, 2.75) is 19.8 Å². The molecule has 96 valence electrons. The fourth-order valence-electron chi connectivity index (χ4n) is 2.22. The molecule has 3 aromatic rings. The van der Waals surface area contributed by atoms with Crippen molar-refractivity contribution in [3.05, 3.63) is 64.0 Å². The molecule has 0 radical (unpaired) electrons. The smallest absolute Gasteiger partial charge is 0.161 e. The van der Waals surface area contributed by atoms with Crippen molar-refractivity contribution in [3.8, 4) is 0 Å². The van der Waals surface area contributed by atoms with Crippen molar-refractivity contribution in [2.75, 3.05) is 0 Å². The molecule has 19 heavy (non-hydrogen) atoms. The standard InChI is InChI=1S/C15H14BrN3/c1-11-4-2-3-5-12(11)6-7-14-17-18-15-10-13(16)8-9-19(14)15/h2-5,8-10H,6-7H2,1H3. The van der Waals surface area contributed by atoms with Gasteiger partial charge in [-0.3, -0.25) is 4.40 Å². The van der Waals surface area contributed by atoms with Crippen LogP contribution in [0.3, 0.4) is 0 Å². The van der Waals surface area contributed by atoms with E-state index in [-0.39, 0.29) is 0 Å². The second-order valence-corrected chi connectivity index (χ2v) is 5.53. The number of hydrogen-bond donors (Lipinski definition) is 0. The van der Waals surface area contributed by atoms with Crippen LogP contribution in [-0.4, -0.2) is 14.6 Å². The lowest BCUT2D eigenvalue weighted by Crippen LogP contribution is -1.99. The summed E-state index contributed by atoms with van der Waals surface area (Å²) >= 11 is 3.45. The largest absolute Gasteiger partial charge is 0.286 e. The molecule has 2 aromatic heterocycles. The van der Waals surface area contributed by atoms with Gasteiger partial charge in [-0.15, -0.1) is 10.2 Å². The summed E-state index contributed by atoms with van der Waals surface area (Å²) in [7, 11) is 0.